The van der Waals surface area contributed by atoms with Gasteiger partial charge in [-0.25, -0.2) is 0 Å². The number of nitrogens with one attached hydrogen (secondary N) is 1. The van der Waals surface area contributed by atoms with Crippen LogP contribution < -0.4 is 10.1 Å². The molecular weight excluding hydrogens is 274 g/mol. The van der Waals surface area contributed by atoms with Gasteiger partial charge in [0.05, 0.1) is 10.6 Å². The molecule has 20 heavy (non-hydrogen) atoms. The molecule has 0 aromatic heterocycles. The Labute approximate surface area is 126 Å². The molecule has 1 atom stereocenters. The molecule has 1 aromatic carbocycles. The second-order valence-corrected chi connectivity index (χ2v) is 6.10. The predicted octanol–water partition coefficient (Wildman–Crippen LogP) is 3.69. The number of hydrogen-bond donors (Lipinski definition) is 2. The summed E-state index contributed by atoms with van der Waals surface area (Å²) in [5.41, 5.74) is 0.475. The van der Waals surface area contributed by atoms with E-state index in [0.29, 0.717) is 17.4 Å². The van der Waals surface area contributed by atoms with Crippen LogP contribution in [-0.4, -0.2) is 23.9 Å². The van der Waals surface area contributed by atoms with E-state index in [4.69, 9.17) is 16.3 Å². The second-order valence-electron chi connectivity index (χ2n) is 5.69. The third kappa shape index (κ3) is 3.87. The van der Waals surface area contributed by atoms with Crippen LogP contribution in [0.3, 0.4) is 0 Å². The van der Waals surface area contributed by atoms with Crippen LogP contribution in [0.15, 0.2) is 18.2 Å². The van der Waals surface area contributed by atoms with Crippen molar-refractivity contribution in [1.82, 2.24) is 5.32 Å². The molecule has 1 aliphatic rings. The Balaban J connectivity index is 1.99. The predicted molar refractivity (Wildman–Crippen MR) is 82.5 cm³/mol. The van der Waals surface area contributed by atoms with Crippen molar-refractivity contribution in [2.45, 2.75) is 51.2 Å². The van der Waals surface area contributed by atoms with Crippen LogP contribution in [0.4, 0.5) is 0 Å². The molecule has 4 heteroatoms. The van der Waals surface area contributed by atoms with Crippen molar-refractivity contribution in [2.75, 3.05) is 13.2 Å². The molecule has 1 aliphatic carbocycles. The van der Waals surface area contributed by atoms with E-state index in [1.165, 1.54) is 0 Å². The Bertz CT molecular complexity index is 444. The maximum absolute atomic E-state index is 10.3. The number of rotatable bonds is 6. The lowest BCUT2D eigenvalue weighted by molar-refractivity contribution is 0.00144. The van der Waals surface area contributed by atoms with Crippen molar-refractivity contribution >= 4 is 11.6 Å². The van der Waals surface area contributed by atoms with Crippen LogP contribution in [0.25, 0.3) is 0 Å². The maximum atomic E-state index is 10.3. The van der Waals surface area contributed by atoms with Gasteiger partial charge in [-0.15, -0.1) is 0 Å². The molecule has 0 amide bonds. The Morgan fingerprint density at radius 1 is 1.40 bits per heavy atom. The molecule has 0 spiro atoms. The number of benzene rings is 1. The summed E-state index contributed by atoms with van der Waals surface area (Å²) in [5, 5.41) is 14.2. The minimum absolute atomic E-state index is 0.269. The molecule has 1 fully saturated rings. The highest BCUT2D eigenvalue weighted by Gasteiger charge is 2.32. The van der Waals surface area contributed by atoms with Gasteiger partial charge >= 0.3 is 0 Å². The normalized spacial score (nSPS) is 19.0. The molecular formula is C16H24ClNO2. The molecule has 0 saturated heterocycles. The molecule has 0 heterocycles. The zero-order valence-electron chi connectivity index (χ0n) is 12.3. The molecule has 2 rings (SSSR count). The van der Waals surface area contributed by atoms with Gasteiger partial charge in [-0.2, -0.15) is 0 Å². The van der Waals surface area contributed by atoms with Gasteiger partial charge in [-0.1, -0.05) is 37.4 Å². The van der Waals surface area contributed by atoms with Gasteiger partial charge in [0.1, 0.15) is 12.4 Å². The van der Waals surface area contributed by atoms with E-state index < -0.39 is 5.60 Å². The van der Waals surface area contributed by atoms with E-state index in [1.54, 1.807) is 0 Å². The fraction of sp³-hybridized carbons (Fsp3) is 0.625. The van der Waals surface area contributed by atoms with Gasteiger partial charge < -0.3 is 15.2 Å². The summed E-state index contributed by atoms with van der Waals surface area (Å²) in [7, 11) is 0. The molecule has 0 radical (unpaired) electrons. The summed E-state index contributed by atoms with van der Waals surface area (Å²) < 4.78 is 5.72. The molecule has 3 nitrogen and oxygen atoms in total. The first-order valence-electron chi connectivity index (χ1n) is 7.42. The largest absolute Gasteiger partial charge is 0.489 e. The standard InChI is InChI=1S/C16H24ClNO2/c1-3-18-12(2)13-6-7-15(14(17)10-13)20-11-16(19)8-4-5-9-16/h6-7,10,12,18-19H,3-5,8-9,11H2,1-2H3. The number of aliphatic hydroxyl groups is 1. The van der Waals surface area contributed by atoms with Crippen LogP contribution in [0.2, 0.25) is 5.02 Å². The van der Waals surface area contributed by atoms with Crippen molar-refractivity contribution in [1.29, 1.82) is 0 Å². The molecule has 1 saturated carbocycles. The minimum Gasteiger partial charge on any atom is -0.489 e. The quantitative estimate of drug-likeness (QED) is 0.841. The first-order chi connectivity index (χ1) is 9.54. The number of halogens is 1. The zero-order valence-corrected chi connectivity index (χ0v) is 13.0. The van der Waals surface area contributed by atoms with Gasteiger partial charge in [0.25, 0.3) is 0 Å². The highest BCUT2D eigenvalue weighted by molar-refractivity contribution is 6.32. The average Bonchev–Trinajstić information content (AvgIpc) is 2.85. The maximum Gasteiger partial charge on any atom is 0.138 e. The average molecular weight is 298 g/mol. The van der Waals surface area contributed by atoms with Crippen molar-refractivity contribution in [3.8, 4) is 5.75 Å². The summed E-state index contributed by atoms with van der Waals surface area (Å²) in [5.74, 6) is 0.652. The van der Waals surface area contributed by atoms with Gasteiger partial charge in [0.15, 0.2) is 0 Å². The molecule has 1 aromatic rings. The summed E-state index contributed by atoms with van der Waals surface area (Å²) in [6.07, 6.45) is 3.79. The van der Waals surface area contributed by atoms with E-state index >= 15 is 0 Å². The van der Waals surface area contributed by atoms with E-state index in [0.717, 1.165) is 37.8 Å². The summed E-state index contributed by atoms with van der Waals surface area (Å²) >= 11 is 6.27. The lowest BCUT2D eigenvalue weighted by Crippen LogP contribution is -2.32. The van der Waals surface area contributed by atoms with E-state index in [2.05, 4.69) is 19.2 Å². The number of hydrogen-bond acceptors (Lipinski definition) is 3. The third-order valence-electron chi connectivity index (χ3n) is 4.00. The molecule has 2 N–H and O–H groups in total. The first-order valence-corrected chi connectivity index (χ1v) is 7.80. The first kappa shape index (κ1) is 15.6. The topological polar surface area (TPSA) is 41.5 Å². The van der Waals surface area contributed by atoms with Gasteiger partial charge in [0.2, 0.25) is 0 Å². The van der Waals surface area contributed by atoms with Gasteiger partial charge in [0, 0.05) is 6.04 Å². The van der Waals surface area contributed by atoms with Crippen molar-refractivity contribution in [3.05, 3.63) is 28.8 Å². The van der Waals surface area contributed by atoms with E-state index in [9.17, 15) is 5.11 Å². The molecule has 1 unspecified atom stereocenters. The lowest BCUT2D eigenvalue weighted by Gasteiger charge is -2.23. The lowest BCUT2D eigenvalue weighted by atomic mass is 10.0. The second kappa shape index (κ2) is 6.79. The fourth-order valence-corrected chi connectivity index (χ4v) is 2.96. The van der Waals surface area contributed by atoms with Crippen molar-refractivity contribution < 1.29 is 9.84 Å². The Morgan fingerprint density at radius 2 is 2.10 bits per heavy atom. The van der Waals surface area contributed by atoms with Crippen LogP contribution in [0.5, 0.6) is 5.75 Å². The van der Waals surface area contributed by atoms with Gasteiger partial charge in [-0.3, -0.25) is 0 Å². The smallest absolute Gasteiger partial charge is 0.138 e. The number of ether oxygens (including phenoxy) is 1. The van der Waals surface area contributed by atoms with Crippen LogP contribution in [-0.2, 0) is 0 Å². The summed E-state index contributed by atoms with van der Waals surface area (Å²) in [4.78, 5) is 0. The Morgan fingerprint density at radius 3 is 2.70 bits per heavy atom. The van der Waals surface area contributed by atoms with E-state index in [1.807, 2.05) is 18.2 Å². The SMILES string of the molecule is CCNC(C)c1ccc(OCC2(O)CCCC2)c(Cl)c1. The molecule has 112 valence electrons. The van der Waals surface area contributed by atoms with Gasteiger partial charge in [-0.05, 0) is 44.0 Å². The van der Waals surface area contributed by atoms with Crippen molar-refractivity contribution in [3.63, 3.8) is 0 Å². The highest BCUT2D eigenvalue weighted by atomic mass is 35.5. The Hall–Kier alpha value is -0.770. The Kier molecular flexibility index (Phi) is 5.30. The van der Waals surface area contributed by atoms with E-state index in [-0.39, 0.29) is 6.04 Å². The zero-order chi connectivity index (χ0) is 14.6. The summed E-state index contributed by atoms with van der Waals surface area (Å²) in [6.45, 7) is 5.44. The monoisotopic (exact) mass is 297 g/mol. The minimum atomic E-state index is -0.668. The van der Waals surface area contributed by atoms with Crippen LogP contribution >= 0.6 is 11.6 Å². The highest BCUT2D eigenvalue weighted by Crippen LogP contribution is 2.32. The molecule has 0 bridgehead atoms. The van der Waals surface area contributed by atoms with Crippen LogP contribution in [0, 0.1) is 0 Å². The van der Waals surface area contributed by atoms with Crippen LogP contribution in [0.1, 0.15) is 51.1 Å². The molecule has 0 aliphatic heterocycles. The fourth-order valence-electron chi connectivity index (χ4n) is 2.72. The van der Waals surface area contributed by atoms with Crippen molar-refractivity contribution in [2.24, 2.45) is 0 Å². The summed E-state index contributed by atoms with van der Waals surface area (Å²) in [6, 6.07) is 6.12. The third-order valence-corrected chi connectivity index (χ3v) is 4.29.